The van der Waals surface area contributed by atoms with Crippen molar-refractivity contribution >= 4 is 29.4 Å². The van der Waals surface area contributed by atoms with Crippen molar-refractivity contribution in [2.75, 3.05) is 12.4 Å². The smallest absolute Gasteiger partial charge is 0.320 e. The molecule has 32 heavy (non-hydrogen) atoms. The first-order valence-electron chi connectivity index (χ1n) is 10.9. The number of pyridine rings is 1. The van der Waals surface area contributed by atoms with E-state index in [-0.39, 0.29) is 29.3 Å². The molecule has 2 aromatic rings. The molecule has 3 atom stereocenters. The van der Waals surface area contributed by atoms with Crippen LogP contribution < -0.4 is 16.0 Å². The van der Waals surface area contributed by atoms with E-state index >= 15 is 0 Å². The minimum absolute atomic E-state index is 0.0139. The molecule has 0 aromatic carbocycles. The van der Waals surface area contributed by atoms with Crippen molar-refractivity contribution in [3.05, 3.63) is 29.2 Å². The van der Waals surface area contributed by atoms with Gasteiger partial charge >= 0.3 is 6.03 Å². The van der Waals surface area contributed by atoms with Crippen LogP contribution in [-0.2, 0) is 11.3 Å². The summed E-state index contributed by atoms with van der Waals surface area (Å²) in [5.41, 5.74) is 1.75. The Morgan fingerprint density at radius 3 is 2.78 bits per heavy atom. The second-order valence-corrected chi connectivity index (χ2v) is 9.72. The standard InChI is InChI=1S/C22H29ClN6O3/c1-22(2)11-29-18(19(22)30)15(9-26-29)14-8-17(25-10-16(14)23)28-21(32)27-13-6-4-5-12(7-13)20(31)24-3/h8-10,12-13,19,30H,4-7,11H2,1-3H3,(H,24,31)(H2,25,27,28,32)/t12?,13?,19-/m1/s1. The van der Waals surface area contributed by atoms with E-state index in [0.717, 1.165) is 24.8 Å². The fourth-order valence-corrected chi connectivity index (χ4v) is 4.88. The highest BCUT2D eigenvalue weighted by Crippen LogP contribution is 2.46. The molecule has 4 N–H and O–H groups in total. The highest BCUT2D eigenvalue weighted by atomic mass is 35.5. The molecule has 2 aromatic heterocycles. The molecular weight excluding hydrogens is 432 g/mol. The summed E-state index contributed by atoms with van der Waals surface area (Å²) in [6, 6.07) is 1.23. The van der Waals surface area contributed by atoms with E-state index in [0.29, 0.717) is 35.1 Å². The maximum atomic E-state index is 12.6. The predicted molar refractivity (Wildman–Crippen MR) is 121 cm³/mol. The van der Waals surface area contributed by atoms with Gasteiger partial charge < -0.3 is 15.7 Å². The molecule has 0 saturated heterocycles. The number of urea groups is 1. The lowest BCUT2D eigenvalue weighted by Gasteiger charge is -2.28. The zero-order valence-corrected chi connectivity index (χ0v) is 19.2. The lowest BCUT2D eigenvalue weighted by Crippen LogP contribution is -2.43. The highest BCUT2D eigenvalue weighted by Gasteiger charge is 2.41. The molecule has 0 radical (unpaired) electrons. The minimum atomic E-state index is -0.677. The van der Waals surface area contributed by atoms with Crippen molar-refractivity contribution in [1.29, 1.82) is 0 Å². The van der Waals surface area contributed by atoms with E-state index in [2.05, 4.69) is 26.0 Å². The molecule has 10 heteroatoms. The van der Waals surface area contributed by atoms with Crippen LogP contribution in [0.2, 0.25) is 5.02 Å². The summed E-state index contributed by atoms with van der Waals surface area (Å²) in [6.07, 6.45) is 5.64. The quantitative estimate of drug-likeness (QED) is 0.558. The Bertz CT molecular complexity index is 1040. The van der Waals surface area contributed by atoms with Gasteiger partial charge in [0.25, 0.3) is 0 Å². The van der Waals surface area contributed by atoms with Crippen LogP contribution in [0.25, 0.3) is 11.1 Å². The molecule has 9 nitrogen and oxygen atoms in total. The van der Waals surface area contributed by atoms with Crippen molar-refractivity contribution in [2.45, 2.75) is 58.2 Å². The van der Waals surface area contributed by atoms with Gasteiger partial charge in [0.1, 0.15) is 11.9 Å². The number of hydrogen-bond donors (Lipinski definition) is 4. The number of hydrogen-bond acceptors (Lipinski definition) is 5. The molecule has 1 fully saturated rings. The number of halogens is 1. The number of aromatic nitrogens is 3. The van der Waals surface area contributed by atoms with E-state index in [9.17, 15) is 14.7 Å². The van der Waals surface area contributed by atoms with Gasteiger partial charge in [0.05, 0.1) is 16.9 Å². The van der Waals surface area contributed by atoms with Gasteiger partial charge in [0.15, 0.2) is 0 Å². The third kappa shape index (κ3) is 4.31. The first-order chi connectivity index (χ1) is 15.2. The Labute approximate surface area is 191 Å². The molecule has 2 unspecified atom stereocenters. The summed E-state index contributed by atoms with van der Waals surface area (Å²) in [6.45, 7) is 4.58. The molecule has 0 spiro atoms. The van der Waals surface area contributed by atoms with Gasteiger partial charge in [-0.25, -0.2) is 9.78 Å². The van der Waals surface area contributed by atoms with Gasteiger partial charge in [-0.3, -0.25) is 14.8 Å². The van der Waals surface area contributed by atoms with E-state index in [1.807, 2.05) is 13.8 Å². The van der Waals surface area contributed by atoms with Gasteiger partial charge in [-0.15, -0.1) is 0 Å². The molecule has 4 rings (SSSR count). The highest BCUT2D eigenvalue weighted by molar-refractivity contribution is 6.33. The molecule has 1 saturated carbocycles. The molecular formula is C22H29ClN6O3. The number of fused-ring (bicyclic) bond motifs is 1. The zero-order chi connectivity index (χ0) is 23.0. The molecule has 2 aliphatic rings. The molecule has 0 bridgehead atoms. The zero-order valence-electron chi connectivity index (χ0n) is 18.5. The van der Waals surface area contributed by atoms with Crippen LogP contribution in [0.4, 0.5) is 10.6 Å². The number of amides is 3. The number of rotatable bonds is 4. The number of nitrogens with zero attached hydrogens (tertiary/aromatic N) is 3. The Kier molecular flexibility index (Phi) is 6.13. The number of anilines is 1. The van der Waals surface area contributed by atoms with Crippen molar-refractivity contribution in [3.8, 4) is 11.1 Å². The molecule has 1 aliphatic heterocycles. The van der Waals surface area contributed by atoms with Gasteiger partial charge in [-0.05, 0) is 25.3 Å². The topological polar surface area (TPSA) is 121 Å². The lowest BCUT2D eigenvalue weighted by atomic mass is 9.85. The van der Waals surface area contributed by atoms with Gasteiger partial charge in [0.2, 0.25) is 5.91 Å². The van der Waals surface area contributed by atoms with Crippen LogP contribution in [0.15, 0.2) is 18.5 Å². The second kappa shape index (κ2) is 8.71. The van der Waals surface area contributed by atoms with Crippen LogP contribution in [0.1, 0.15) is 51.3 Å². The fourth-order valence-electron chi connectivity index (χ4n) is 4.67. The summed E-state index contributed by atoms with van der Waals surface area (Å²) in [7, 11) is 1.63. The average Bonchev–Trinajstić information content (AvgIpc) is 3.25. The molecule has 172 valence electrons. The fraction of sp³-hybridized carbons (Fsp3) is 0.545. The number of nitrogens with one attached hydrogen (secondary N) is 3. The molecule has 1 aliphatic carbocycles. The Morgan fingerprint density at radius 2 is 2.03 bits per heavy atom. The summed E-state index contributed by atoms with van der Waals surface area (Å²) < 4.78 is 1.79. The number of aliphatic hydroxyl groups excluding tert-OH is 1. The minimum Gasteiger partial charge on any atom is -0.386 e. The van der Waals surface area contributed by atoms with Crippen LogP contribution in [0, 0.1) is 11.3 Å². The number of carbonyl (C=O) groups is 2. The summed E-state index contributed by atoms with van der Waals surface area (Å²) >= 11 is 6.41. The Morgan fingerprint density at radius 1 is 1.25 bits per heavy atom. The van der Waals surface area contributed by atoms with Crippen LogP contribution in [-0.4, -0.2) is 44.9 Å². The van der Waals surface area contributed by atoms with Crippen molar-refractivity contribution in [3.63, 3.8) is 0 Å². The van der Waals surface area contributed by atoms with Gasteiger partial charge in [0, 0.05) is 48.3 Å². The normalized spacial score (nSPS) is 24.0. The van der Waals surface area contributed by atoms with Crippen molar-refractivity contribution < 1.29 is 14.7 Å². The third-order valence-electron chi connectivity index (χ3n) is 6.45. The largest absolute Gasteiger partial charge is 0.386 e. The number of carbonyl (C=O) groups excluding carboxylic acids is 2. The Hall–Kier alpha value is -2.65. The SMILES string of the molecule is CNC(=O)C1CCCC(NC(=O)Nc2cc(-c3cnn4c3[C@@H](O)C(C)(C)C4)c(Cl)cn2)C1. The monoisotopic (exact) mass is 460 g/mol. The van der Waals surface area contributed by atoms with Gasteiger partial charge in [-0.1, -0.05) is 31.9 Å². The van der Waals surface area contributed by atoms with Crippen molar-refractivity contribution in [2.24, 2.45) is 11.3 Å². The van der Waals surface area contributed by atoms with Gasteiger partial charge in [-0.2, -0.15) is 5.10 Å². The van der Waals surface area contributed by atoms with E-state index in [1.165, 1.54) is 6.20 Å². The third-order valence-corrected chi connectivity index (χ3v) is 6.75. The second-order valence-electron chi connectivity index (χ2n) is 9.31. The molecule has 3 amide bonds. The van der Waals surface area contributed by atoms with E-state index in [4.69, 9.17) is 11.6 Å². The summed E-state index contributed by atoms with van der Waals surface area (Å²) in [4.78, 5) is 28.7. The first kappa shape index (κ1) is 22.5. The maximum absolute atomic E-state index is 12.6. The van der Waals surface area contributed by atoms with Crippen LogP contribution in [0.3, 0.4) is 0 Å². The van der Waals surface area contributed by atoms with Crippen molar-refractivity contribution in [1.82, 2.24) is 25.4 Å². The predicted octanol–water partition coefficient (Wildman–Crippen LogP) is 3.10. The maximum Gasteiger partial charge on any atom is 0.320 e. The summed E-state index contributed by atoms with van der Waals surface area (Å²) in [5.74, 6) is 0.270. The first-order valence-corrected chi connectivity index (χ1v) is 11.3. The summed E-state index contributed by atoms with van der Waals surface area (Å²) in [5, 5.41) is 24.0. The van der Waals surface area contributed by atoms with Crippen LogP contribution >= 0.6 is 11.6 Å². The van der Waals surface area contributed by atoms with Crippen LogP contribution in [0.5, 0.6) is 0 Å². The van der Waals surface area contributed by atoms with E-state index in [1.54, 1.807) is 24.0 Å². The lowest BCUT2D eigenvalue weighted by molar-refractivity contribution is -0.125. The van der Waals surface area contributed by atoms with E-state index < -0.39 is 6.10 Å². The molecule has 3 heterocycles. The number of aliphatic hydroxyl groups is 1. The Balaban J connectivity index is 1.48. The average molecular weight is 461 g/mol.